The molecule has 0 radical (unpaired) electrons. The van der Waals surface area contributed by atoms with Crippen LogP contribution in [0.15, 0.2) is 0 Å². The molecule has 4 nitrogen and oxygen atoms in total. The van der Waals surface area contributed by atoms with Gasteiger partial charge in [-0.2, -0.15) is 0 Å². The van der Waals surface area contributed by atoms with Gasteiger partial charge in [-0.15, -0.1) is 0 Å². The van der Waals surface area contributed by atoms with E-state index in [1.807, 2.05) is 6.92 Å². The smallest absolute Gasteiger partial charge is 0.310 e. The van der Waals surface area contributed by atoms with Gasteiger partial charge in [-0.05, 0) is 38.0 Å². The van der Waals surface area contributed by atoms with Gasteiger partial charge < -0.3 is 9.84 Å². The van der Waals surface area contributed by atoms with E-state index in [2.05, 4.69) is 13.8 Å². The van der Waals surface area contributed by atoms with E-state index in [0.29, 0.717) is 18.8 Å². The lowest BCUT2D eigenvalue weighted by atomic mass is 9.79. The van der Waals surface area contributed by atoms with Gasteiger partial charge in [0.15, 0.2) is 0 Å². The number of carboxylic acids is 1. The monoisotopic (exact) mass is 312 g/mol. The molecule has 0 aromatic heterocycles. The second-order valence-corrected chi connectivity index (χ2v) is 6.53. The molecule has 1 fully saturated rings. The summed E-state index contributed by atoms with van der Waals surface area (Å²) in [5.74, 6) is -1.76. The molecule has 0 bridgehead atoms. The molecule has 4 heteroatoms. The van der Waals surface area contributed by atoms with Crippen LogP contribution in [0.4, 0.5) is 0 Å². The average molecular weight is 312 g/mol. The van der Waals surface area contributed by atoms with Crippen LogP contribution in [0.5, 0.6) is 0 Å². The van der Waals surface area contributed by atoms with Crippen molar-refractivity contribution in [3.63, 3.8) is 0 Å². The van der Waals surface area contributed by atoms with Crippen LogP contribution in [0.3, 0.4) is 0 Å². The number of hydrogen-bond donors (Lipinski definition) is 1. The van der Waals surface area contributed by atoms with Crippen molar-refractivity contribution < 1.29 is 19.4 Å². The van der Waals surface area contributed by atoms with Crippen molar-refractivity contribution in [1.82, 2.24) is 0 Å². The standard InChI is InChI=1S/C18H32O4/c1-4-7-10-13(5-2)16(6-3)22-18(21)15-12-9-8-11-14(15)17(19)20/h13-16H,4-12H2,1-3H3,(H,19,20). The quantitative estimate of drug-likeness (QED) is 0.640. The van der Waals surface area contributed by atoms with Gasteiger partial charge in [0.05, 0.1) is 11.8 Å². The summed E-state index contributed by atoms with van der Waals surface area (Å²) >= 11 is 0. The molecular weight excluding hydrogens is 280 g/mol. The highest BCUT2D eigenvalue weighted by Crippen LogP contribution is 2.32. The minimum atomic E-state index is -0.854. The molecule has 1 rings (SSSR count). The highest BCUT2D eigenvalue weighted by molar-refractivity contribution is 5.81. The summed E-state index contributed by atoms with van der Waals surface area (Å²) in [7, 11) is 0. The number of unbranched alkanes of at least 4 members (excludes halogenated alkanes) is 1. The Morgan fingerprint density at radius 2 is 1.73 bits per heavy atom. The molecule has 1 saturated carbocycles. The Morgan fingerprint density at radius 3 is 2.23 bits per heavy atom. The maximum atomic E-state index is 12.5. The Kier molecular flexibility index (Phi) is 8.51. The van der Waals surface area contributed by atoms with Crippen LogP contribution in [0.25, 0.3) is 0 Å². The molecule has 1 N–H and O–H groups in total. The molecule has 0 spiro atoms. The maximum Gasteiger partial charge on any atom is 0.310 e. The third kappa shape index (κ3) is 5.29. The Labute approximate surface area is 134 Å². The van der Waals surface area contributed by atoms with Crippen LogP contribution in [-0.2, 0) is 14.3 Å². The van der Waals surface area contributed by atoms with Gasteiger partial charge in [-0.1, -0.05) is 46.5 Å². The molecule has 0 saturated heterocycles. The largest absolute Gasteiger partial charge is 0.481 e. The predicted molar refractivity (Wildman–Crippen MR) is 86.6 cm³/mol. The summed E-state index contributed by atoms with van der Waals surface area (Å²) in [6, 6.07) is 0. The van der Waals surface area contributed by atoms with E-state index in [-0.39, 0.29) is 12.1 Å². The first-order chi connectivity index (χ1) is 10.5. The first-order valence-corrected chi connectivity index (χ1v) is 8.98. The van der Waals surface area contributed by atoms with Gasteiger partial charge in [-0.25, -0.2) is 0 Å². The molecule has 128 valence electrons. The number of ether oxygens (including phenoxy) is 1. The van der Waals surface area contributed by atoms with Crippen molar-refractivity contribution in [1.29, 1.82) is 0 Å². The van der Waals surface area contributed by atoms with Crippen LogP contribution < -0.4 is 0 Å². The Morgan fingerprint density at radius 1 is 1.09 bits per heavy atom. The number of carbonyl (C=O) groups excluding carboxylic acids is 1. The van der Waals surface area contributed by atoms with Crippen LogP contribution >= 0.6 is 0 Å². The van der Waals surface area contributed by atoms with Crippen LogP contribution in [0.2, 0.25) is 0 Å². The zero-order valence-electron chi connectivity index (χ0n) is 14.3. The molecule has 0 heterocycles. The van der Waals surface area contributed by atoms with E-state index < -0.39 is 17.8 Å². The Hall–Kier alpha value is -1.06. The van der Waals surface area contributed by atoms with Gasteiger partial charge in [0.2, 0.25) is 0 Å². The second kappa shape index (κ2) is 9.86. The van der Waals surface area contributed by atoms with Crippen molar-refractivity contribution >= 4 is 11.9 Å². The van der Waals surface area contributed by atoms with Crippen LogP contribution in [-0.4, -0.2) is 23.1 Å². The molecule has 4 unspecified atom stereocenters. The first kappa shape index (κ1) is 19.0. The number of hydrogen-bond acceptors (Lipinski definition) is 3. The normalized spacial score (nSPS) is 24.5. The van der Waals surface area contributed by atoms with Crippen molar-refractivity contribution in [2.24, 2.45) is 17.8 Å². The van der Waals surface area contributed by atoms with E-state index in [0.717, 1.165) is 44.9 Å². The molecule has 0 amide bonds. The third-order valence-electron chi connectivity index (χ3n) is 5.03. The molecule has 0 aliphatic heterocycles. The molecule has 1 aliphatic carbocycles. The van der Waals surface area contributed by atoms with Gasteiger partial charge in [-0.3, -0.25) is 9.59 Å². The maximum absolute atomic E-state index is 12.5. The lowest BCUT2D eigenvalue weighted by molar-refractivity contribution is -0.166. The molecule has 0 aromatic rings. The lowest BCUT2D eigenvalue weighted by Crippen LogP contribution is -2.37. The molecule has 22 heavy (non-hydrogen) atoms. The fourth-order valence-corrected chi connectivity index (χ4v) is 3.58. The number of carbonyl (C=O) groups is 2. The van der Waals surface area contributed by atoms with E-state index >= 15 is 0 Å². The summed E-state index contributed by atoms with van der Waals surface area (Å²) in [6.07, 6.45) is 8.16. The van der Waals surface area contributed by atoms with E-state index in [1.165, 1.54) is 0 Å². The van der Waals surface area contributed by atoms with E-state index in [9.17, 15) is 14.7 Å². The molecular formula is C18H32O4. The molecule has 4 atom stereocenters. The number of esters is 1. The summed E-state index contributed by atoms with van der Waals surface area (Å²) in [5, 5.41) is 9.31. The predicted octanol–water partition coefficient (Wildman–Crippen LogP) is 4.42. The summed E-state index contributed by atoms with van der Waals surface area (Å²) in [6.45, 7) is 6.35. The van der Waals surface area contributed by atoms with Crippen molar-refractivity contribution in [2.75, 3.05) is 0 Å². The molecule has 0 aromatic carbocycles. The second-order valence-electron chi connectivity index (χ2n) is 6.53. The zero-order valence-corrected chi connectivity index (χ0v) is 14.3. The summed E-state index contributed by atoms with van der Waals surface area (Å²) in [4.78, 5) is 23.8. The highest BCUT2D eigenvalue weighted by Gasteiger charge is 2.38. The minimum Gasteiger partial charge on any atom is -0.481 e. The zero-order chi connectivity index (χ0) is 16.5. The highest BCUT2D eigenvalue weighted by atomic mass is 16.5. The lowest BCUT2D eigenvalue weighted by Gasteiger charge is -2.31. The summed E-state index contributed by atoms with van der Waals surface area (Å²) < 4.78 is 5.77. The van der Waals surface area contributed by atoms with Crippen LogP contribution in [0.1, 0.15) is 78.6 Å². The van der Waals surface area contributed by atoms with Crippen molar-refractivity contribution in [3.05, 3.63) is 0 Å². The van der Waals surface area contributed by atoms with Gasteiger partial charge in [0.25, 0.3) is 0 Å². The van der Waals surface area contributed by atoms with E-state index in [4.69, 9.17) is 4.74 Å². The SMILES string of the molecule is CCCCC(CC)C(CC)OC(=O)C1CCCCC1C(=O)O. The topological polar surface area (TPSA) is 63.6 Å². The minimum absolute atomic E-state index is 0.0691. The Balaban J connectivity index is 2.67. The Bertz CT molecular complexity index is 353. The number of aliphatic carboxylic acids is 1. The number of carboxylic acid groups (broad SMARTS) is 1. The fourth-order valence-electron chi connectivity index (χ4n) is 3.58. The number of rotatable bonds is 9. The van der Waals surface area contributed by atoms with Crippen LogP contribution in [0, 0.1) is 17.8 Å². The third-order valence-corrected chi connectivity index (χ3v) is 5.03. The molecule has 1 aliphatic rings. The van der Waals surface area contributed by atoms with Gasteiger partial charge >= 0.3 is 11.9 Å². The van der Waals surface area contributed by atoms with Gasteiger partial charge in [0, 0.05) is 0 Å². The average Bonchev–Trinajstić information content (AvgIpc) is 2.53. The van der Waals surface area contributed by atoms with Crippen molar-refractivity contribution in [3.8, 4) is 0 Å². The fraction of sp³-hybridized carbons (Fsp3) is 0.889. The van der Waals surface area contributed by atoms with E-state index in [1.54, 1.807) is 0 Å². The van der Waals surface area contributed by atoms with Crippen molar-refractivity contribution in [2.45, 2.75) is 84.7 Å². The summed E-state index contributed by atoms with van der Waals surface area (Å²) in [5.41, 5.74) is 0. The first-order valence-electron chi connectivity index (χ1n) is 8.98. The van der Waals surface area contributed by atoms with Gasteiger partial charge in [0.1, 0.15) is 6.10 Å².